The van der Waals surface area contributed by atoms with E-state index in [-0.39, 0.29) is 23.0 Å². The van der Waals surface area contributed by atoms with E-state index >= 15 is 0 Å². The molecule has 1 aromatic heterocycles. The molecule has 2 aliphatic heterocycles. The number of benzene rings is 1. The van der Waals surface area contributed by atoms with Crippen LogP contribution in [-0.4, -0.2) is 48.2 Å². The van der Waals surface area contributed by atoms with Crippen LogP contribution in [0.15, 0.2) is 35.0 Å². The summed E-state index contributed by atoms with van der Waals surface area (Å²) in [5.74, 6) is -0.586. The van der Waals surface area contributed by atoms with Crippen molar-refractivity contribution in [2.75, 3.05) is 26.2 Å². The van der Waals surface area contributed by atoms with Crippen LogP contribution >= 0.6 is 11.3 Å². The number of halogens is 2. The Balaban J connectivity index is 1.46. The van der Waals surface area contributed by atoms with Crippen LogP contribution in [0.1, 0.15) is 22.3 Å². The zero-order chi connectivity index (χ0) is 18.1. The maximum Gasteiger partial charge on any atom is 0.586 e. The molecule has 0 N–H and O–H groups in total. The van der Waals surface area contributed by atoms with Gasteiger partial charge in [0.1, 0.15) is 0 Å². The van der Waals surface area contributed by atoms with Gasteiger partial charge in [0.05, 0.1) is 5.56 Å². The highest BCUT2D eigenvalue weighted by atomic mass is 32.1. The number of hydrogen-bond donors (Lipinski definition) is 0. The Morgan fingerprint density at radius 1 is 1.15 bits per heavy atom. The Kier molecular flexibility index (Phi) is 4.54. The Morgan fingerprint density at radius 3 is 2.85 bits per heavy atom. The molecule has 0 bridgehead atoms. The van der Waals surface area contributed by atoms with Crippen LogP contribution in [-0.2, 0) is 6.54 Å². The van der Waals surface area contributed by atoms with Crippen molar-refractivity contribution in [1.82, 2.24) is 9.80 Å². The lowest BCUT2D eigenvalue weighted by molar-refractivity contribution is -0.286. The SMILES string of the molecule is O=C(c1cccc2c1OC(F)(F)O2)N1CCCN(Cc2ccsc2)CC1. The third-order valence-electron chi connectivity index (χ3n) is 4.52. The molecule has 1 aromatic carbocycles. The van der Waals surface area contributed by atoms with Crippen molar-refractivity contribution in [3.8, 4) is 11.5 Å². The average Bonchev–Trinajstić information content (AvgIpc) is 3.14. The lowest BCUT2D eigenvalue weighted by Crippen LogP contribution is -2.35. The van der Waals surface area contributed by atoms with Gasteiger partial charge in [0.15, 0.2) is 11.5 Å². The van der Waals surface area contributed by atoms with Crippen molar-refractivity contribution in [1.29, 1.82) is 0 Å². The third kappa shape index (κ3) is 3.52. The average molecular weight is 380 g/mol. The predicted molar refractivity (Wildman–Crippen MR) is 92.8 cm³/mol. The zero-order valence-corrected chi connectivity index (χ0v) is 14.8. The highest BCUT2D eigenvalue weighted by Crippen LogP contribution is 2.43. The van der Waals surface area contributed by atoms with Gasteiger partial charge in [-0.15, -0.1) is 8.78 Å². The largest absolute Gasteiger partial charge is 0.586 e. The number of ether oxygens (including phenoxy) is 2. The first-order chi connectivity index (χ1) is 12.5. The molecule has 1 fully saturated rings. The van der Waals surface area contributed by atoms with Crippen molar-refractivity contribution in [3.05, 3.63) is 46.2 Å². The molecular formula is C18H18F2N2O3S. The monoisotopic (exact) mass is 380 g/mol. The molecule has 4 rings (SSSR count). The molecule has 0 unspecified atom stereocenters. The van der Waals surface area contributed by atoms with Gasteiger partial charge < -0.3 is 14.4 Å². The summed E-state index contributed by atoms with van der Waals surface area (Å²) in [4.78, 5) is 16.9. The molecule has 2 aliphatic rings. The predicted octanol–water partition coefficient (Wildman–Crippen LogP) is 3.42. The van der Waals surface area contributed by atoms with Crippen molar-refractivity contribution in [2.45, 2.75) is 19.3 Å². The summed E-state index contributed by atoms with van der Waals surface area (Å²) in [6, 6.07) is 6.50. The molecule has 0 aliphatic carbocycles. The normalized spacial score (nSPS) is 19.4. The lowest BCUT2D eigenvalue weighted by atomic mass is 10.1. The second-order valence-corrected chi connectivity index (χ2v) is 7.13. The molecule has 1 saturated heterocycles. The molecule has 0 saturated carbocycles. The summed E-state index contributed by atoms with van der Waals surface area (Å²) in [5, 5.41) is 4.18. The first-order valence-corrected chi connectivity index (χ1v) is 9.38. The summed E-state index contributed by atoms with van der Waals surface area (Å²) in [5.41, 5.74) is 1.38. The fourth-order valence-electron chi connectivity index (χ4n) is 3.28. The van der Waals surface area contributed by atoms with Gasteiger partial charge in [0.25, 0.3) is 5.91 Å². The molecule has 26 heavy (non-hydrogen) atoms. The highest BCUT2D eigenvalue weighted by molar-refractivity contribution is 7.07. The first kappa shape index (κ1) is 17.2. The van der Waals surface area contributed by atoms with Crippen molar-refractivity contribution in [3.63, 3.8) is 0 Å². The molecule has 1 amide bonds. The Labute approximate surface area is 153 Å². The van der Waals surface area contributed by atoms with E-state index in [0.29, 0.717) is 13.1 Å². The van der Waals surface area contributed by atoms with Crippen molar-refractivity contribution >= 4 is 17.2 Å². The number of para-hydroxylation sites is 1. The quantitative estimate of drug-likeness (QED) is 0.818. The van der Waals surface area contributed by atoms with Gasteiger partial charge in [-0.05, 0) is 40.9 Å². The van der Waals surface area contributed by atoms with Crippen molar-refractivity contribution in [2.24, 2.45) is 0 Å². The summed E-state index contributed by atoms with van der Waals surface area (Å²) in [6.45, 7) is 3.62. The molecule has 0 atom stereocenters. The topological polar surface area (TPSA) is 42.0 Å². The Morgan fingerprint density at radius 2 is 2.04 bits per heavy atom. The maximum atomic E-state index is 13.3. The van der Waals surface area contributed by atoms with Crippen LogP contribution in [0.4, 0.5) is 8.78 Å². The fourth-order valence-corrected chi connectivity index (χ4v) is 3.94. The molecule has 0 spiro atoms. The van der Waals surface area contributed by atoms with Gasteiger partial charge >= 0.3 is 6.29 Å². The number of nitrogens with zero attached hydrogens (tertiary/aromatic N) is 2. The van der Waals surface area contributed by atoms with Crippen LogP contribution < -0.4 is 9.47 Å². The Bertz CT molecular complexity index is 798. The van der Waals surface area contributed by atoms with Gasteiger partial charge in [-0.1, -0.05) is 6.07 Å². The number of thiophene rings is 1. The molecule has 8 heteroatoms. The number of carbonyl (C=O) groups is 1. The standard InChI is InChI=1S/C18H18F2N2O3S/c19-18(20)24-15-4-1-3-14(16(15)25-18)17(23)22-7-2-6-21(8-9-22)11-13-5-10-26-12-13/h1,3-5,10,12H,2,6-9,11H2. The minimum Gasteiger partial charge on any atom is -0.395 e. The smallest absolute Gasteiger partial charge is 0.395 e. The third-order valence-corrected chi connectivity index (χ3v) is 5.25. The van der Waals surface area contributed by atoms with Crippen LogP contribution in [0.2, 0.25) is 0 Å². The van der Waals surface area contributed by atoms with Crippen LogP contribution in [0.3, 0.4) is 0 Å². The fraction of sp³-hybridized carbons (Fsp3) is 0.389. The molecule has 138 valence electrons. The van der Waals surface area contributed by atoms with Gasteiger partial charge in [-0.2, -0.15) is 11.3 Å². The summed E-state index contributed by atoms with van der Waals surface area (Å²) in [7, 11) is 0. The van der Waals surface area contributed by atoms with Gasteiger partial charge in [0.2, 0.25) is 0 Å². The van der Waals surface area contributed by atoms with Gasteiger partial charge in [-0.25, -0.2) is 0 Å². The Hall–Kier alpha value is -2.19. The highest BCUT2D eigenvalue weighted by Gasteiger charge is 2.45. The molecule has 0 radical (unpaired) electrons. The summed E-state index contributed by atoms with van der Waals surface area (Å²) < 4.78 is 35.7. The van der Waals surface area contributed by atoms with Crippen molar-refractivity contribution < 1.29 is 23.0 Å². The minimum atomic E-state index is -3.73. The molecular weight excluding hydrogens is 362 g/mol. The van der Waals surface area contributed by atoms with E-state index in [1.165, 1.54) is 23.8 Å². The zero-order valence-electron chi connectivity index (χ0n) is 14.0. The molecule has 5 nitrogen and oxygen atoms in total. The van der Waals surface area contributed by atoms with Crippen LogP contribution in [0.25, 0.3) is 0 Å². The molecule has 3 heterocycles. The summed E-state index contributed by atoms with van der Waals surface area (Å²) in [6.07, 6.45) is -2.90. The van der Waals surface area contributed by atoms with E-state index in [2.05, 4.69) is 31.2 Å². The van der Waals surface area contributed by atoms with Gasteiger partial charge in [0, 0.05) is 32.7 Å². The number of alkyl halides is 2. The van der Waals surface area contributed by atoms with E-state index in [9.17, 15) is 13.6 Å². The van der Waals surface area contributed by atoms with E-state index in [4.69, 9.17) is 0 Å². The van der Waals surface area contributed by atoms with E-state index in [1.807, 2.05) is 0 Å². The lowest BCUT2D eigenvalue weighted by Gasteiger charge is -2.22. The first-order valence-electron chi connectivity index (χ1n) is 8.43. The van der Waals surface area contributed by atoms with E-state index in [1.54, 1.807) is 16.2 Å². The number of fused-ring (bicyclic) bond motifs is 1. The van der Waals surface area contributed by atoms with Crippen LogP contribution in [0.5, 0.6) is 11.5 Å². The maximum absolute atomic E-state index is 13.3. The van der Waals surface area contributed by atoms with Gasteiger partial charge in [-0.3, -0.25) is 9.69 Å². The number of carbonyl (C=O) groups excluding carboxylic acids is 1. The second-order valence-electron chi connectivity index (χ2n) is 6.35. The van der Waals surface area contributed by atoms with E-state index < -0.39 is 6.29 Å². The second kappa shape index (κ2) is 6.85. The van der Waals surface area contributed by atoms with Crippen LogP contribution in [0, 0.1) is 0 Å². The number of rotatable bonds is 3. The number of amides is 1. The van der Waals surface area contributed by atoms with E-state index in [0.717, 1.165) is 26.1 Å². The summed E-state index contributed by atoms with van der Waals surface area (Å²) >= 11 is 1.67. The molecule has 2 aromatic rings. The minimum absolute atomic E-state index is 0.102. The number of hydrogen-bond acceptors (Lipinski definition) is 5.